The highest BCUT2D eigenvalue weighted by Crippen LogP contribution is 2.53. The molecule has 10 nitrogen and oxygen atoms in total. The van der Waals surface area contributed by atoms with Gasteiger partial charge in [-0.05, 0) is 19.9 Å². The van der Waals surface area contributed by atoms with Gasteiger partial charge in [0.25, 0.3) is 5.91 Å². The third-order valence-electron chi connectivity index (χ3n) is 5.66. The fraction of sp³-hybridized carbons (Fsp3) is 0.588. The molecule has 6 atom stereocenters. The van der Waals surface area contributed by atoms with Crippen molar-refractivity contribution in [2.75, 3.05) is 6.79 Å². The third kappa shape index (κ3) is 1.99. The van der Waals surface area contributed by atoms with Gasteiger partial charge in [-0.15, -0.1) is 0 Å². The first-order chi connectivity index (χ1) is 12.6. The lowest BCUT2D eigenvalue weighted by atomic mass is 9.66. The number of phenolic OH excluding ortho intramolecular Hbond substituents is 1. The number of aliphatic hydroxyl groups is 3. The summed E-state index contributed by atoms with van der Waals surface area (Å²) in [5.74, 6) is -2.15. The Morgan fingerprint density at radius 1 is 1.19 bits per heavy atom. The molecule has 2 fully saturated rings. The lowest BCUT2D eigenvalue weighted by molar-refractivity contribution is -0.215. The molecule has 1 aromatic carbocycles. The van der Waals surface area contributed by atoms with Gasteiger partial charge >= 0.3 is 0 Å². The molecule has 146 valence electrons. The van der Waals surface area contributed by atoms with E-state index in [-0.39, 0.29) is 29.4 Å². The van der Waals surface area contributed by atoms with E-state index >= 15 is 0 Å². The molecule has 1 amide bonds. The molecule has 1 aliphatic carbocycles. The minimum Gasteiger partial charge on any atom is -0.504 e. The van der Waals surface area contributed by atoms with Crippen LogP contribution >= 0.6 is 0 Å². The van der Waals surface area contributed by atoms with Crippen LogP contribution in [0.2, 0.25) is 0 Å². The topological polar surface area (TPSA) is 147 Å². The quantitative estimate of drug-likeness (QED) is 0.369. The van der Waals surface area contributed by atoms with Crippen LogP contribution in [0.5, 0.6) is 17.2 Å². The van der Waals surface area contributed by atoms with E-state index < -0.39 is 53.5 Å². The van der Waals surface area contributed by atoms with Crippen LogP contribution in [0.1, 0.15) is 29.8 Å². The maximum absolute atomic E-state index is 12.7. The van der Waals surface area contributed by atoms with Crippen molar-refractivity contribution in [2.24, 2.45) is 0 Å². The molecule has 3 heterocycles. The van der Waals surface area contributed by atoms with Crippen LogP contribution in [0.4, 0.5) is 0 Å². The monoisotopic (exact) mass is 381 g/mol. The van der Waals surface area contributed by atoms with E-state index in [0.717, 1.165) is 0 Å². The number of benzene rings is 1. The summed E-state index contributed by atoms with van der Waals surface area (Å²) < 4.78 is 21.9. The molecule has 1 saturated carbocycles. The second kappa shape index (κ2) is 5.03. The van der Waals surface area contributed by atoms with Gasteiger partial charge in [0, 0.05) is 5.56 Å². The van der Waals surface area contributed by atoms with Gasteiger partial charge in [0.1, 0.15) is 30.0 Å². The van der Waals surface area contributed by atoms with E-state index in [2.05, 4.69) is 5.32 Å². The molecule has 10 heteroatoms. The molecule has 5 N–H and O–H groups in total. The molecule has 4 aliphatic rings. The number of phenols is 1. The van der Waals surface area contributed by atoms with Crippen LogP contribution in [0.3, 0.4) is 0 Å². The normalized spacial score (nSPS) is 40.8. The highest BCUT2D eigenvalue weighted by Gasteiger charge is 2.67. The zero-order valence-electron chi connectivity index (χ0n) is 14.5. The zero-order chi connectivity index (χ0) is 19.3. The van der Waals surface area contributed by atoms with Crippen molar-refractivity contribution in [3.63, 3.8) is 0 Å². The number of ether oxygens (including phenoxy) is 4. The first-order valence-electron chi connectivity index (χ1n) is 8.56. The minimum absolute atomic E-state index is 0.0174. The van der Waals surface area contributed by atoms with Crippen molar-refractivity contribution < 1.29 is 44.2 Å². The number of carbonyl (C=O) groups excluding carboxylic acids is 1. The number of carbonyl (C=O) groups is 1. The Morgan fingerprint density at radius 3 is 2.63 bits per heavy atom. The van der Waals surface area contributed by atoms with E-state index in [9.17, 15) is 25.2 Å². The van der Waals surface area contributed by atoms with E-state index in [4.69, 9.17) is 18.9 Å². The lowest BCUT2D eigenvalue weighted by Gasteiger charge is -2.52. The van der Waals surface area contributed by atoms with Crippen LogP contribution in [0.15, 0.2) is 6.07 Å². The number of nitrogens with one attached hydrogen (secondary N) is 1. The highest BCUT2D eigenvalue weighted by atomic mass is 16.8. The van der Waals surface area contributed by atoms with Gasteiger partial charge in [0.2, 0.25) is 12.5 Å². The summed E-state index contributed by atoms with van der Waals surface area (Å²) in [6, 6.07) is 0.211. The van der Waals surface area contributed by atoms with Crippen molar-refractivity contribution in [1.82, 2.24) is 5.32 Å². The number of fused-ring (bicyclic) bond motifs is 6. The summed E-state index contributed by atoms with van der Waals surface area (Å²) in [6.07, 6.45) is -5.09. The van der Waals surface area contributed by atoms with E-state index in [0.29, 0.717) is 0 Å². The Bertz CT molecular complexity index is 855. The van der Waals surface area contributed by atoms with E-state index in [1.54, 1.807) is 13.8 Å². The predicted molar refractivity (Wildman–Crippen MR) is 85.2 cm³/mol. The summed E-state index contributed by atoms with van der Waals surface area (Å²) in [7, 11) is 0. The average Bonchev–Trinajstić information content (AvgIpc) is 3.19. The Hall–Kier alpha value is -2.11. The van der Waals surface area contributed by atoms with Crippen molar-refractivity contribution in [3.05, 3.63) is 17.2 Å². The van der Waals surface area contributed by atoms with Gasteiger partial charge in [-0.25, -0.2) is 0 Å². The molecule has 0 spiro atoms. The smallest absolute Gasteiger partial charge is 0.256 e. The van der Waals surface area contributed by atoms with Gasteiger partial charge in [0.05, 0.1) is 11.6 Å². The summed E-state index contributed by atoms with van der Waals surface area (Å²) >= 11 is 0. The van der Waals surface area contributed by atoms with Crippen LogP contribution in [0, 0.1) is 0 Å². The molecule has 3 aliphatic heterocycles. The number of aliphatic hydroxyl groups excluding tert-OH is 2. The van der Waals surface area contributed by atoms with Crippen LogP contribution < -0.4 is 14.8 Å². The van der Waals surface area contributed by atoms with Crippen molar-refractivity contribution in [1.29, 1.82) is 0 Å². The molecule has 27 heavy (non-hydrogen) atoms. The first-order valence-corrected chi connectivity index (χ1v) is 8.56. The number of hydrogen-bond acceptors (Lipinski definition) is 9. The molecule has 0 bridgehead atoms. The zero-order valence-corrected chi connectivity index (χ0v) is 14.5. The van der Waals surface area contributed by atoms with Crippen molar-refractivity contribution in [2.45, 2.75) is 55.7 Å². The fourth-order valence-corrected chi connectivity index (χ4v) is 4.52. The summed E-state index contributed by atoms with van der Waals surface area (Å²) in [4.78, 5) is 12.7. The lowest BCUT2D eigenvalue weighted by Crippen LogP contribution is -2.74. The molecular formula is C17H19NO9. The standard InChI is InChI=1S/C17H19NO9/c1-16(2)26-11-9(20)14(21)17(23)5-3-6-10(25-4-24-6)8(19)7(5)15(22)18-13(17)12(11)27-16/h3,9,11-14,19-21,23H,4H2,1-2H3,(H,18,22)/t9-,11-,12-,13+,14+,17-/m1/s1. The van der Waals surface area contributed by atoms with Crippen LogP contribution in [-0.4, -0.2) is 69.4 Å². The molecule has 0 unspecified atom stereocenters. The van der Waals surface area contributed by atoms with Crippen LogP contribution in [-0.2, 0) is 15.1 Å². The second-order valence-electron chi connectivity index (χ2n) is 7.66. The van der Waals surface area contributed by atoms with Crippen molar-refractivity contribution >= 4 is 5.91 Å². The SMILES string of the molecule is CC1(C)O[C@@H]2[C@@H](O)[C@H](O)[C@@]3(O)c4cc5c(c(O)c4C(=O)N[C@H]3[C@@H]2O1)OCO5. The Balaban J connectivity index is 1.72. The molecule has 1 aromatic rings. The van der Waals surface area contributed by atoms with Crippen LogP contribution in [0.25, 0.3) is 0 Å². The molecule has 0 radical (unpaired) electrons. The Labute approximate surface area is 153 Å². The number of amides is 1. The number of aromatic hydroxyl groups is 1. The van der Waals surface area contributed by atoms with E-state index in [1.165, 1.54) is 6.07 Å². The largest absolute Gasteiger partial charge is 0.504 e. The van der Waals surface area contributed by atoms with E-state index in [1.807, 2.05) is 0 Å². The number of rotatable bonds is 0. The van der Waals surface area contributed by atoms with Gasteiger partial charge in [0.15, 0.2) is 17.3 Å². The maximum atomic E-state index is 12.7. The van der Waals surface area contributed by atoms with Gasteiger partial charge in [-0.2, -0.15) is 0 Å². The fourth-order valence-electron chi connectivity index (χ4n) is 4.52. The molecule has 5 rings (SSSR count). The molecular weight excluding hydrogens is 362 g/mol. The summed E-state index contributed by atoms with van der Waals surface area (Å²) in [5.41, 5.74) is -2.47. The van der Waals surface area contributed by atoms with Gasteiger partial charge < -0.3 is 44.7 Å². The van der Waals surface area contributed by atoms with Gasteiger partial charge in [-0.1, -0.05) is 0 Å². The third-order valence-corrected chi connectivity index (χ3v) is 5.66. The van der Waals surface area contributed by atoms with Gasteiger partial charge in [-0.3, -0.25) is 4.79 Å². The Morgan fingerprint density at radius 2 is 1.89 bits per heavy atom. The average molecular weight is 381 g/mol. The number of hydrogen-bond donors (Lipinski definition) is 5. The summed E-state index contributed by atoms with van der Waals surface area (Å²) in [6.45, 7) is 3.11. The summed E-state index contributed by atoms with van der Waals surface area (Å²) in [5, 5.41) is 45.9. The molecule has 1 saturated heterocycles. The maximum Gasteiger partial charge on any atom is 0.256 e. The second-order valence-corrected chi connectivity index (χ2v) is 7.66. The first kappa shape index (κ1) is 17.0. The molecule has 0 aromatic heterocycles. The minimum atomic E-state index is -2.15. The highest BCUT2D eigenvalue weighted by molar-refractivity contribution is 6.02. The predicted octanol–water partition coefficient (Wildman–Crippen LogP) is -1.32. The Kier molecular flexibility index (Phi) is 3.17. The van der Waals surface area contributed by atoms with Crippen molar-refractivity contribution in [3.8, 4) is 17.2 Å².